The van der Waals surface area contributed by atoms with Gasteiger partial charge in [-0.15, -0.1) is 0 Å². The first-order valence-corrected chi connectivity index (χ1v) is 17.6. The Kier molecular flexibility index (Phi) is 9.47. The molecule has 246 valence electrons. The van der Waals surface area contributed by atoms with E-state index >= 15 is 0 Å². The maximum atomic E-state index is 14.2. The predicted octanol–water partition coefficient (Wildman–Crippen LogP) is 4.32. The summed E-state index contributed by atoms with van der Waals surface area (Å²) in [4.78, 5) is 48.0. The number of nitrogens with zero attached hydrogens (tertiary/aromatic N) is 4. The Hall–Kier alpha value is -3.25. The molecule has 45 heavy (non-hydrogen) atoms. The highest BCUT2D eigenvalue weighted by molar-refractivity contribution is 7.87. The predicted molar refractivity (Wildman–Crippen MR) is 172 cm³/mol. The number of aryl methyl sites for hydroxylation is 1. The lowest BCUT2D eigenvalue weighted by Gasteiger charge is -2.27. The minimum Gasteiger partial charge on any atom is -0.459 e. The third-order valence-electron chi connectivity index (χ3n) is 9.67. The monoisotopic (exact) mass is 641 g/mol. The quantitative estimate of drug-likeness (QED) is 0.465. The van der Waals surface area contributed by atoms with Crippen molar-refractivity contribution in [3.8, 4) is 6.01 Å². The number of hydrogen-bond donors (Lipinski definition) is 1. The van der Waals surface area contributed by atoms with E-state index in [1.165, 1.54) is 14.1 Å². The first-order chi connectivity index (χ1) is 21.2. The molecular weight excluding hydrogens is 594 g/mol. The normalized spacial score (nSPS) is 28.8. The van der Waals surface area contributed by atoms with Crippen molar-refractivity contribution in [3.05, 3.63) is 35.9 Å². The third-order valence-corrected chi connectivity index (χ3v) is 11.1. The van der Waals surface area contributed by atoms with Crippen LogP contribution in [0.1, 0.15) is 83.7 Å². The third kappa shape index (κ3) is 6.67. The van der Waals surface area contributed by atoms with Gasteiger partial charge in [0.15, 0.2) is 5.78 Å². The fraction of sp³-hybridized carbons (Fsp3) is 0.636. The Morgan fingerprint density at radius 1 is 1.18 bits per heavy atom. The Morgan fingerprint density at radius 3 is 2.64 bits per heavy atom. The van der Waals surface area contributed by atoms with Gasteiger partial charge in [-0.3, -0.25) is 19.0 Å². The number of amides is 2. The Balaban J connectivity index is 1.45. The number of hydrogen-bond acceptors (Lipinski definition) is 7. The summed E-state index contributed by atoms with van der Waals surface area (Å²) in [7, 11) is -1.35. The first kappa shape index (κ1) is 33.1. The molecule has 2 aromatic rings. The lowest BCUT2D eigenvalue weighted by Crippen LogP contribution is -2.47. The van der Waals surface area contributed by atoms with Crippen LogP contribution >= 0.6 is 0 Å². The molecule has 2 fully saturated rings. The zero-order valence-electron chi connectivity index (χ0n) is 27.3. The van der Waals surface area contributed by atoms with Crippen molar-refractivity contribution in [2.24, 2.45) is 17.3 Å². The van der Waals surface area contributed by atoms with E-state index in [2.05, 4.69) is 18.6 Å². The summed E-state index contributed by atoms with van der Waals surface area (Å²) in [5.41, 5.74) is 1.66. The van der Waals surface area contributed by atoms with Crippen LogP contribution in [0.3, 0.4) is 0 Å². The van der Waals surface area contributed by atoms with E-state index in [4.69, 9.17) is 9.72 Å². The molecule has 3 aliphatic rings. The van der Waals surface area contributed by atoms with Gasteiger partial charge in [-0.2, -0.15) is 17.7 Å². The van der Waals surface area contributed by atoms with Crippen LogP contribution in [0.15, 0.2) is 30.4 Å². The van der Waals surface area contributed by atoms with Gasteiger partial charge in [0, 0.05) is 38.9 Å². The van der Waals surface area contributed by atoms with Gasteiger partial charge < -0.3 is 9.64 Å². The summed E-state index contributed by atoms with van der Waals surface area (Å²) < 4.78 is 36.8. The number of aromatic nitrogens is 2. The van der Waals surface area contributed by atoms with E-state index in [-0.39, 0.29) is 49.0 Å². The van der Waals surface area contributed by atoms with Gasteiger partial charge in [-0.1, -0.05) is 44.1 Å². The van der Waals surface area contributed by atoms with Crippen LogP contribution in [-0.4, -0.2) is 77.6 Å². The fourth-order valence-corrected chi connectivity index (χ4v) is 7.44. The number of allylic oxidation sites excluding steroid dienone is 2. The molecule has 1 aromatic heterocycles. The second kappa shape index (κ2) is 12.9. The minimum atomic E-state index is -4.04. The largest absolute Gasteiger partial charge is 0.459 e. The smallest absolute Gasteiger partial charge is 0.303 e. The summed E-state index contributed by atoms with van der Waals surface area (Å²) in [5.74, 6) is -1.55. The maximum absolute atomic E-state index is 14.2. The molecule has 3 heterocycles. The lowest BCUT2D eigenvalue weighted by atomic mass is 9.91. The van der Waals surface area contributed by atoms with Crippen LogP contribution in [0.2, 0.25) is 0 Å². The van der Waals surface area contributed by atoms with Crippen LogP contribution in [-0.2, 0) is 24.6 Å². The molecule has 11 nitrogen and oxygen atoms in total. The molecule has 1 N–H and O–H groups in total. The van der Waals surface area contributed by atoms with E-state index < -0.39 is 33.7 Å². The Bertz CT molecular complexity index is 1600. The highest BCUT2D eigenvalue weighted by Gasteiger charge is 2.61. The van der Waals surface area contributed by atoms with Crippen LogP contribution in [0.4, 0.5) is 0 Å². The van der Waals surface area contributed by atoms with E-state index in [1.54, 1.807) is 4.90 Å². The first-order valence-electron chi connectivity index (χ1n) is 16.1. The number of carbonyl (C=O) groups is 3. The van der Waals surface area contributed by atoms with Gasteiger partial charge >= 0.3 is 10.2 Å². The van der Waals surface area contributed by atoms with Crippen molar-refractivity contribution in [2.45, 2.75) is 97.2 Å². The van der Waals surface area contributed by atoms with Crippen molar-refractivity contribution in [2.75, 3.05) is 20.6 Å². The van der Waals surface area contributed by atoms with Crippen molar-refractivity contribution >= 4 is 38.8 Å². The maximum Gasteiger partial charge on any atom is 0.303 e. The molecule has 1 saturated heterocycles. The molecule has 1 saturated carbocycles. The SMILES string of the molecule is Cc1cccc2c1nc(O[C@@H]1C[C@H]3C(=O)C[C@]4(C(=O)NS(=O)(=O)N(C)C)C[C@H]4/C=C\CCCCC[C@H](C)C(=O)N3C1)n2C(C)C. The Labute approximate surface area is 266 Å². The number of ether oxygens (including phenoxy) is 1. The fourth-order valence-electron chi connectivity index (χ4n) is 6.82. The standard InChI is InChI=1S/C33H47N5O6S/c1-21(2)38-26-16-12-14-22(3)29(26)34-32(38)44-25-17-27-28(39)19-33(31(41)35-45(42,43)36(5)6)18-24(33)15-11-9-7-8-10-13-23(4)30(40)37(27)20-25/h11-12,14-16,21,23-25,27H,7-10,13,17-20H2,1-6H3,(H,35,41)/b15-11-/t23-,24+,25+,27-,33+/m0/s1. The molecule has 0 radical (unpaired) electrons. The number of carbonyl (C=O) groups excluding carboxylic acids is 3. The van der Waals surface area contributed by atoms with E-state index in [0.717, 1.165) is 53.0 Å². The summed E-state index contributed by atoms with van der Waals surface area (Å²) in [6.45, 7) is 8.27. The number of nitrogens with one attached hydrogen (secondary N) is 1. The summed E-state index contributed by atoms with van der Waals surface area (Å²) in [5, 5.41) is 0. The molecule has 2 amide bonds. The minimum absolute atomic E-state index is 0.0682. The number of benzene rings is 1. The molecule has 1 aromatic carbocycles. The summed E-state index contributed by atoms with van der Waals surface area (Å²) in [6.07, 6.45) is 8.39. The van der Waals surface area contributed by atoms with E-state index in [0.29, 0.717) is 12.4 Å². The number of fused-ring (bicyclic) bond motifs is 3. The molecular formula is C33H47N5O6S. The average Bonchev–Trinajstić information content (AvgIpc) is 3.30. The molecule has 0 unspecified atom stereocenters. The zero-order chi connectivity index (χ0) is 32.7. The van der Waals surface area contributed by atoms with Gasteiger partial charge in [0.25, 0.3) is 6.01 Å². The van der Waals surface area contributed by atoms with Gasteiger partial charge in [0.1, 0.15) is 6.10 Å². The summed E-state index contributed by atoms with van der Waals surface area (Å²) in [6, 6.07) is 5.74. The summed E-state index contributed by atoms with van der Waals surface area (Å²) >= 11 is 0. The lowest BCUT2D eigenvalue weighted by molar-refractivity contribution is -0.141. The number of rotatable bonds is 6. The molecule has 2 aliphatic heterocycles. The van der Waals surface area contributed by atoms with Crippen LogP contribution in [0, 0.1) is 24.2 Å². The zero-order valence-corrected chi connectivity index (χ0v) is 28.1. The average molecular weight is 642 g/mol. The van der Waals surface area contributed by atoms with Gasteiger partial charge in [-0.25, -0.2) is 4.72 Å². The molecule has 12 heteroatoms. The van der Waals surface area contributed by atoms with Crippen molar-refractivity contribution < 1.29 is 27.5 Å². The highest BCUT2D eigenvalue weighted by Crippen LogP contribution is 2.57. The van der Waals surface area contributed by atoms with Crippen molar-refractivity contribution in [1.29, 1.82) is 0 Å². The van der Waals surface area contributed by atoms with Crippen molar-refractivity contribution in [3.63, 3.8) is 0 Å². The van der Waals surface area contributed by atoms with Crippen LogP contribution in [0.5, 0.6) is 6.01 Å². The molecule has 5 atom stereocenters. The van der Waals surface area contributed by atoms with E-state index in [9.17, 15) is 22.8 Å². The van der Waals surface area contributed by atoms with Gasteiger partial charge in [-0.05, 0) is 64.0 Å². The second-order valence-electron chi connectivity index (χ2n) is 13.6. The van der Waals surface area contributed by atoms with Gasteiger partial charge in [0.05, 0.1) is 29.0 Å². The second-order valence-corrected chi connectivity index (χ2v) is 15.5. The number of Topliss-reactive ketones (excluding diaryl/α,β-unsaturated/α-hetero) is 1. The highest BCUT2D eigenvalue weighted by atomic mass is 32.2. The molecule has 5 rings (SSSR count). The Morgan fingerprint density at radius 2 is 1.93 bits per heavy atom. The molecule has 1 aliphatic carbocycles. The van der Waals surface area contributed by atoms with Crippen LogP contribution < -0.4 is 9.46 Å². The number of para-hydroxylation sites is 1. The van der Waals surface area contributed by atoms with E-state index in [1.807, 2.05) is 48.8 Å². The van der Waals surface area contributed by atoms with Crippen LogP contribution in [0.25, 0.3) is 11.0 Å². The molecule has 0 bridgehead atoms. The van der Waals surface area contributed by atoms with Crippen molar-refractivity contribution in [1.82, 2.24) is 23.5 Å². The van der Waals surface area contributed by atoms with Gasteiger partial charge in [0.2, 0.25) is 11.8 Å². The number of imidazole rings is 1. The topological polar surface area (TPSA) is 131 Å². The molecule has 0 spiro atoms. The number of ketones is 1.